The number of anilines is 1. The molecule has 42 heavy (non-hydrogen) atoms. The normalized spacial score (nSPS) is 11.2. The molecule has 0 fully saturated rings. The average Bonchev–Trinajstić information content (AvgIpc) is 2.98. The Morgan fingerprint density at radius 3 is 2.14 bits per heavy atom. The molecule has 0 saturated carbocycles. The number of nitrogens with zero attached hydrogens (tertiary/aromatic N) is 1. The molecule has 1 amide bonds. The number of carbonyl (C=O) groups excluding carboxylic acids is 1. The molecule has 3 aromatic carbocycles. The van der Waals surface area contributed by atoms with Gasteiger partial charge in [0.25, 0.3) is 0 Å². The highest BCUT2D eigenvalue weighted by Gasteiger charge is 2.17. The van der Waals surface area contributed by atoms with Gasteiger partial charge in [-0.1, -0.05) is 69.7 Å². The van der Waals surface area contributed by atoms with Crippen LogP contribution >= 0.6 is 24.8 Å². The van der Waals surface area contributed by atoms with E-state index in [9.17, 15) is 4.79 Å². The second-order valence-electron chi connectivity index (χ2n) is 9.81. The molecule has 3 rings (SSSR count). The van der Waals surface area contributed by atoms with Crippen LogP contribution < -0.4 is 25.3 Å². The van der Waals surface area contributed by atoms with Crippen molar-refractivity contribution >= 4 is 36.4 Å². The molecule has 0 spiro atoms. The van der Waals surface area contributed by atoms with Crippen LogP contribution in [-0.4, -0.2) is 49.7 Å². The van der Waals surface area contributed by atoms with Crippen molar-refractivity contribution in [1.29, 1.82) is 0 Å². The summed E-state index contributed by atoms with van der Waals surface area (Å²) in [4.78, 5) is 15.4. The minimum atomic E-state index is -0.716. The van der Waals surface area contributed by atoms with Gasteiger partial charge in [0.1, 0.15) is 23.9 Å². The Balaban J connectivity index is 0.00000441. The molecule has 0 bridgehead atoms. The van der Waals surface area contributed by atoms with E-state index >= 15 is 0 Å². The van der Waals surface area contributed by atoms with Crippen LogP contribution in [-0.2, 0) is 17.8 Å². The number of hydrogen-bond donors (Lipinski definition) is 2. The first-order chi connectivity index (χ1) is 19.5. The molecule has 3 N–H and O–H groups in total. The second kappa shape index (κ2) is 20.8. The fourth-order valence-corrected chi connectivity index (χ4v) is 4.19. The summed E-state index contributed by atoms with van der Waals surface area (Å²) in [5.74, 6) is 1.82. The molecule has 9 heteroatoms. The average molecular weight is 621 g/mol. The third kappa shape index (κ3) is 12.9. The summed E-state index contributed by atoms with van der Waals surface area (Å²) in [6, 6.07) is 22.5. The maximum atomic E-state index is 13.0. The highest BCUT2D eigenvalue weighted by atomic mass is 35.5. The van der Waals surface area contributed by atoms with Crippen LogP contribution in [0.25, 0.3) is 0 Å². The quantitative estimate of drug-likeness (QED) is 0.150. The first-order valence-electron chi connectivity index (χ1n) is 14.5. The van der Waals surface area contributed by atoms with Crippen molar-refractivity contribution in [2.45, 2.75) is 59.1 Å². The van der Waals surface area contributed by atoms with E-state index in [-0.39, 0.29) is 30.7 Å². The second-order valence-corrected chi connectivity index (χ2v) is 9.81. The Kier molecular flexibility index (Phi) is 18.4. The van der Waals surface area contributed by atoms with Crippen molar-refractivity contribution in [2.24, 2.45) is 5.73 Å². The van der Waals surface area contributed by atoms with Crippen molar-refractivity contribution in [3.8, 4) is 17.2 Å². The smallest absolute Gasteiger partial charge is 0.241 e. The number of ether oxygens (including phenoxy) is 3. The molecule has 0 heterocycles. The minimum absolute atomic E-state index is 0. The molecule has 0 aliphatic carbocycles. The van der Waals surface area contributed by atoms with Gasteiger partial charge in [-0.2, -0.15) is 0 Å². The maximum absolute atomic E-state index is 13.0. The SMILES string of the molecule is CCCCOc1ccc(NC(=O)[C@H](N)Cc2ccc(OCc3ccccc3)cc2)c(OCCCN(CC)CC)c1.Cl.Cl. The van der Waals surface area contributed by atoms with Gasteiger partial charge < -0.3 is 30.2 Å². The van der Waals surface area contributed by atoms with Gasteiger partial charge in [0, 0.05) is 12.6 Å². The molecule has 0 aliphatic heterocycles. The Bertz CT molecular complexity index is 1150. The lowest BCUT2D eigenvalue weighted by Crippen LogP contribution is -2.37. The molecule has 7 nitrogen and oxygen atoms in total. The Hall–Kier alpha value is -2.97. The van der Waals surface area contributed by atoms with Crippen LogP contribution in [0.5, 0.6) is 17.2 Å². The Morgan fingerprint density at radius 2 is 1.48 bits per heavy atom. The summed E-state index contributed by atoms with van der Waals surface area (Å²) in [6.45, 7) is 11.1. The molecule has 0 aromatic heterocycles. The van der Waals surface area contributed by atoms with Gasteiger partial charge >= 0.3 is 0 Å². The molecular weight excluding hydrogens is 573 g/mol. The van der Waals surface area contributed by atoms with Crippen molar-refractivity contribution in [2.75, 3.05) is 38.2 Å². The number of amides is 1. The Labute approximate surface area is 263 Å². The lowest BCUT2D eigenvalue weighted by atomic mass is 10.1. The van der Waals surface area contributed by atoms with Crippen LogP contribution in [0.3, 0.4) is 0 Å². The van der Waals surface area contributed by atoms with Crippen molar-refractivity contribution < 1.29 is 19.0 Å². The molecular formula is C33H47Cl2N3O4. The molecule has 0 radical (unpaired) electrons. The largest absolute Gasteiger partial charge is 0.493 e. The third-order valence-electron chi connectivity index (χ3n) is 6.71. The van der Waals surface area contributed by atoms with Gasteiger partial charge in [0.2, 0.25) is 5.91 Å². The zero-order valence-electron chi connectivity index (χ0n) is 25.1. The van der Waals surface area contributed by atoms with E-state index < -0.39 is 6.04 Å². The highest BCUT2D eigenvalue weighted by Crippen LogP contribution is 2.30. The number of halogens is 2. The van der Waals surface area contributed by atoms with Crippen molar-refractivity contribution in [1.82, 2.24) is 4.90 Å². The first-order valence-corrected chi connectivity index (χ1v) is 14.5. The molecule has 0 saturated heterocycles. The van der Waals surface area contributed by atoms with Gasteiger partial charge in [-0.15, -0.1) is 24.8 Å². The summed E-state index contributed by atoms with van der Waals surface area (Å²) < 4.78 is 17.8. The Morgan fingerprint density at radius 1 is 0.810 bits per heavy atom. The summed E-state index contributed by atoms with van der Waals surface area (Å²) in [6.07, 6.45) is 3.33. The third-order valence-corrected chi connectivity index (χ3v) is 6.71. The highest BCUT2D eigenvalue weighted by molar-refractivity contribution is 5.96. The van der Waals surface area contributed by atoms with Gasteiger partial charge in [-0.3, -0.25) is 4.79 Å². The lowest BCUT2D eigenvalue weighted by Gasteiger charge is -2.19. The number of unbranched alkanes of at least 4 members (excludes halogenated alkanes) is 1. The van der Waals surface area contributed by atoms with E-state index in [1.807, 2.05) is 72.8 Å². The van der Waals surface area contributed by atoms with E-state index in [2.05, 4.69) is 31.0 Å². The van der Waals surface area contributed by atoms with E-state index in [1.54, 1.807) is 0 Å². The van der Waals surface area contributed by atoms with E-state index in [1.165, 1.54) is 0 Å². The number of hydrogen-bond acceptors (Lipinski definition) is 6. The van der Waals surface area contributed by atoms with Crippen LogP contribution in [0, 0.1) is 0 Å². The fourth-order valence-electron chi connectivity index (χ4n) is 4.19. The van der Waals surface area contributed by atoms with E-state index in [4.69, 9.17) is 19.9 Å². The molecule has 1 atom stereocenters. The maximum Gasteiger partial charge on any atom is 0.241 e. The standard InChI is InChI=1S/C33H45N3O4.2ClH/c1-4-7-21-38-29-18-19-31(32(24-29)39-22-11-20-36(5-2)6-3)35-33(37)30(34)23-26-14-16-28(17-15-26)40-25-27-12-9-8-10-13-27;;/h8-10,12-19,24,30H,4-7,11,20-23,25,34H2,1-3H3,(H,35,37);2*1H/t30-;;/m1../s1. The predicted molar refractivity (Wildman–Crippen MR) is 177 cm³/mol. The van der Waals surface area contributed by atoms with E-state index in [0.29, 0.717) is 37.7 Å². The summed E-state index contributed by atoms with van der Waals surface area (Å²) in [5, 5.41) is 2.97. The van der Waals surface area contributed by atoms with Gasteiger partial charge in [0.05, 0.1) is 24.9 Å². The lowest BCUT2D eigenvalue weighted by molar-refractivity contribution is -0.117. The van der Waals surface area contributed by atoms with Gasteiger partial charge in [-0.05, 0) is 67.7 Å². The number of rotatable bonds is 18. The molecule has 0 aliphatic rings. The minimum Gasteiger partial charge on any atom is -0.493 e. The van der Waals surface area contributed by atoms with Crippen molar-refractivity contribution in [3.05, 3.63) is 83.9 Å². The monoisotopic (exact) mass is 619 g/mol. The summed E-state index contributed by atoms with van der Waals surface area (Å²) in [5.41, 5.74) is 8.97. The van der Waals surface area contributed by atoms with Gasteiger partial charge in [-0.25, -0.2) is 0 Å². The van der Waals surface area contributed by atoms with E-state index in [0.717, 1.165) is 61.5 Å². The van der Waals surface area contributed by atoms with Crippen LogP contribution in [0.1, 0.15) is 51.2 Å². The zero-order valence-corrected chi connectivity index (χ0v) is 26.7. The number of carbonyl (C=O) groups is 1. The first kappa shape index (κ1) is 37.1. The zero-order chi connectivity index (χ0) is 28.6. The number of nitrogens with two attached hydrogens (primary N) is 1. The van der Waals surface area contributed by atoms with Crippen molar-refractivity contribution in [3.63, 3.8) is 0 Å². The summed E-state index contributed by atoms with van der Waals surface area (Å²) in [7, 11) is 0. The fraction of sp³-hybridized carbons (Fsp3) is 0.424. The summed E-state index contributed by atoms with van der Waals surface area (Å²) >= 11 is 0. The number of benzene rings is 3. The molecule has 232 valence electrons. The molecule has 0 unspecified atom stereocenters. The topological polar surface area (TPSA) is 86.0 Å². The number of nitrogens with one attached hydrogen (secondary N) is 1. The molecule has 3 aromatic rings. The predicted octanol–water partition coefficient (Wildman–Crippen LogP) is 6.91. The van der Waals surface area contributed by atoms with Gasteiger partial charge in [0.15, 0.2) is 0 Å². The van der Waals surface area contributed by atoms with Crippen LogP contribution in [0.2, 0.25) is 0 Å². The van der Waals surface area contributed by atoms with Crippen LogP contribution in [0.4, 0.5) is 5.69 Å². The van der Waals surface area contributed by atoms with Crippen LogP contribution in [0.15, 0.2) is 72.8 Å².